The number of nitrogens with one attached hydrogen (secondary N) is 1. The van der Waals surface area contributed by atoms with Crippen molar-refractivity contribution in [3.05, 3.63) is 23.2 Å². The number of carbonyl (C=O) groups is 1. The molecule has 0 radical (unpaired) electrons. The molecule has 1 heterocycles. The molecule has 4 heteroatoms. The van der Waals surface area contributed by atoms with Crippen molar-refractivity contribution in [1.29, 1.82) is 0 Å². The van der Waals surface area contributed by atoms with Crippen LogP contribution in [-0.2, 0) is 11.3 Å². The molecule has 1 fully saturated rings. The first-order valence-electron chi connectivity index (χ1n) is 5.47. The highest BCUT2D eigenvalue weighted by molar-refractivity contribution is 5.90. The Labute approximate surface area is 95.0 Å². The molecule has 0 bridgehead atoms. The molecule has 0 unspecified atom stereocenters. The predicted molar refractivity (Wildman–Crippen MR) is 59.3 cm³/mol. The summed E-state index contributed by atoms with van der Waals surface area (Å²) < 4.78 is 10.2. The van der Waals surface area contributed by atoms with Gasteiger partial charge in [0.15, 0.2) is 0 Å². The lowest BCUT2D eigenvalue weighted by atomic mass is 10.2. The molecular formula is C12H17NO3. The Hall–Kier alpha value is -1.29. The Morgan fingerprint density at radius 2 is 2.31 bits per heavy atom. The minimum Gasteiger partial charge on any atom is -0.465 e. The van der Waals surface area contributed by atoms with E-state index in [1.54, 1.807) is 13.0 Å². The first kappa shape index (κ1) is 11.2. The molecule has 1 aliphatic rings. The summed E-state index contributed by atoms with van der Waals surface area (Å²) in [6.07, 6.45) is 2.41. The van der Waals surface area contributed by atoms with E-state index in [0.717, 1.165) is 5.76 Å². The van der Waals surface area contributed by atoms with Crippen LogP contribution < -0.4 is 5.32 Å². The average molecular weight is 223 g/mol. The van der Waals surface area contributed by atoms with Crippen LogP contribution in [0.3, 0.4) is 0 Å². The molecule has 1 saturated carbocycles. The van der Waals surface area contributed by atoms with Gasteiger partial charge in [-0.1, -0.05) is 0 Å². The zero-order valence-corrected chi connectivity index (χ0v) is 9.92. The van der Waals surface area contributed by atoms with E-state index in [1.165, 1.54) is 20.0 Å². The van der Waals surface area contributed by atoms with Gasteiger partial charge >= 0.3 is 5.97 Å². The van der Waals surface area contributed by atoms with Crippen LogP contribution in [0, 0.1) is 6.92 Å². The number of rotatable bonds is 4. The molecule has 1 aromatic heterocycles. The quantitative estimate of drug-likeness (QED) is 0.793. The fourth-order valence-electron chi connectivity index (χ4n) is 1.61. The Morgan fingerprint density at radius 1 is 1.62 bits per heavy atom. The third-order valence-corrected chi connectivity index (χ3v) is 3.06. The molecule has 1 N–H and O–H groups in total. The van der Waals surface area contributed by atoms with Crippen LogP contribution in [0.25, 0.3) is 0 Å². The minimum atomic E-state index is -0.342. The van der Waals surface area contributed by atoms with Gasteiger partial charge in [-0.25, -0.2) is 4.79 Å². The van der Waals surface area contributed by atoms with Crippen molar-refractivity contribution in [2.24, 2.45) is 0 Å². The third kappa shape index (κ3) is 2.27. The van der Waals surface area contributed by atoms with E-state index in [4.69, 9.17) is 4.42 Å². The lowest BCUT2D eigenvalue weighted by Crippen LogP contribution is -2.26. The minimum absolute atomic E-state index is 0.270. The Morgan fingerprint density at radius 3 is 2.88 bits per heavy atom. The van der Waals surface area contributed by atoms with Gasteiger partial charge in [0, 0.05) is 5.54 Å². The van der Waals surface area contributed by atoms with Gasteiger partial charge in [-0.2, -0.15) is 0 Å². The first-order valence-corrected chi connectivity index (χ1v) is 5.47. The molecule has 0 aliphatic heterocycles. The lowest BCUT2D eigenvalue weighted by molar-refractivity contribution is 0.0599. The number of furan rings is 1. The van der Waals surface area contributed by atoms with Crippen molar-refractivity contribution in [3.63, 3.8) is 0 Å². The number of methoxy groups -OCH3 is 1. The zero-order chi connectivity index (χ0) is 11.8. The number of hydrogen-bond acceptors (Lipinski definition) is 4. The molecule has 0 atom stereocenters. The van der Waals surface area contributed by atoms with Gasteiger partial charge in [0.05, 0.1) is 13.7 Å². The maximum atomic E-state index is 11.4. The van der Waals surface area contributed by atoms with Gasteiger partial charge in [0.2, 0.25) is 0 Å². The Bertz CT molecular complexity index is 404. The van der Waals surface area contributed by atoms with Crippen molar-refractivity contribution < 1.29 is 13.9 Å². The summed E-state index contributed by atoms with van der Waals surface area (Å²) >= 11 is 0. The third-order valence-electron chi connectivity index (χ3n) is 3.06. The molecule has 2 rings (SSSR count). The maximum Gasteiger partial charge on any atom is 0.341 e. The van der Waals surface area contributed by atoms with Crippen LogP contribution >= 0.6 is 0 Å². The molecule has 0 amide bonds. The molecule has 0 spiro atoms. The SMILES string of the molecule is COC(=O)c1cc(CNC2(C)CC2)oc1C. The normalized spacial score (nSPS) is 17.2. The van der Waals surface area contributed by atoms with E-state index in [9.17, 15) is 4.79 Å². The van der Waals surface area contributed by atoms with Crippen molar-refractivity contribution in [3.8, 4) is 0 Å². The highest BCUT2D eigenvalue weighted by Crippen LogP contribution is 2.34. The van der Waals surface area contributed by atoms with Gasteiger partial charge in [0.25, 0.3) is 0 Å². The van der Waals surface area contributed by atoms with Crippen molar-refractivity contribution >= 4 is 5.97 Å². The summed E-state index contributed by atoms with van der Waals surface area (Å²) in [5.41, 5.74) is 0.784. The standard InChI is InChI=1S/C12H17NO3/c1-8-10(11(14)15-3)6-9(16-8)7-13-12(2)4-5-12/h6,13H,4-5,7H2,1-3H3. The number of ether oxygens (including phenoxy) is 1. The summed E-state index contributed by atoms with van der Waals surface area (Å²) in [6, 6.07) is 1.75. The van der Waals surface area contributed by atoms with Crippen LogP contribution in [0.4, 0.5) is 0 Å². The average Bonchev–Trinajstić information content (AvgIpc) is 2.87. The Balaban J connectivity index is 2.02. The smallest absolute Gasteiger partial charge is 0.341 e. The molecule has 88 valence electrons. The molecule has 1 aliphatic carbocycles. The monoisotopic (exact) mass is 223 g/mol. The largest absolute Gasteiger partial charge is 0.465 e. The van der Waals surface area contributed by atoms with Gasteiger partial charge in [-0.05, 0) is 32.8 Å². The van der Waals surface area contributed by atoms with E-state index >= 15 is 0 Å². The summed E-state index contributed by atoms with van der Waals surface area (Å²) in [7, 11) is 1.37. The summed E-state index contributed by atoms with van der Waals surface area (Å²) in [6.45, 7) is 4.62. The van der Waals surface area contributed by atoms with E-state index in [2.05, 4.69) is 17.0 Å². The van der Waals surface area contributed by atoms with Crippen molar-refractivity contribution in [2.75, 3.05) is 7.11 Å². The van der Waals surface area contributed by atoms with Crippen LogP contribution in [0.2, 0.25) is 0 Å². The van der Waals surface area contributed by atoms with Gasteiger partial charge in [-0.3, -0.25) is 0 Å². The van der Waals surface area contributed by atoms with Gasteiger partial charge < -0.3 is 14.5 Å². The molecular weight excluding hydrogens is 206 g/mol. The molecule has 16 heavy (non-hydrogen) atoms. The fraction of sp³-hybridized carbons (Fsp3) is 0.583. The second-order valence-electron chi connectivity index (χ2n) is 4.59. The van der Waals surface area contributed by atoms with E-state index in [1.807, 2.05) is 0 Å². The highest BCUT2D eigenvalue weighted by atomic mass is 16.5. The van der Waals surface area contributed by atoms with E-state index in [0.29, 0.717) is 17.9 Å². The predicted octanol–water partition coefficient (Wildman–Crippen LogP) is 2.02. The number of aryl methyl sites for hydroxylation is 1. The van der Waals surface area contributed by atoms with Crippen LogP contribution in [0.5, 0.6) is 0 Å². The second-order valence-corrected chi connectivity index (χ2v) is 4.59. The van der Waals surface area contributed by atoms with E-state index < -0.39 is 0 Å². The highest BCUT2D eigenvalue weighted by Gasteiger charge is 2.36. The Kier molecular flexibility index (Phi) is 2.76. The molecule has 4 nitrogen and oxygen atoms in total. The number of esters is 1. The molecule has 0 saturated heterocycles. The summed E-state index contributed by atoms with van der Waals surface area (Å²) in [4.78, 5) is 11.4. The maximum absolute atomic E-state index is 11.4. The second kappa shape index (κ2) is 3.94. The van der Waals surface area contributed by atoms with Gasteiger partial charge in [0.1, 0.15) is 17.1 Å². The van der Waals surface area contributed by atoms with Crippen LogP contribution in [0.15, 0.2) is 10.5 Å². The van der Waals surface area contributed by atoms with Crippen molar-refractivity contribution in [1.82, 2.24) is 5.32 Å². The number of carbonyl (C=O) groups excluding carboxylic acids is 1. The lowest BCUT2D eigenvalue weighted by Gasteiger charge is -2.08. The molecule has 0 aromatic carbocycles. The fourth-order valence-corrected chi connectivity index (χ4v) is 1.61. The van der Waals surface area contributed by atoms with Crippen LogP contribution in [-0.4, -0.2) is 18.6 Å². The topological polar surface area (TPSA) is 51.5 Å². The summed E-state index contributed by atoms with van der Waals surface area (Å²) in [5, 5.41) is 3.40. The van der Waals surface area contributed by atoms with E-state index in [-0.39, 0.29) is 11.5 Å². The van der Waals surface area contributed by atoms with Gasteiger partial charge in [-0.15, -0.1) is 0 Å². The first-order chi connectivity index (χ1) is 7.54. The zero-order valence-electron chi connectivity index (χ0n) is 9.92. The number of hydrogen-bond donors (Lipinski definition) is 1. The van der Waals surface area contributed by atoms with Crippen LogP contribution in [0.1, 0.15) is 41.6 Å². The van der Waals surface area contributed by atoms with Crippen molar-refractivity contribution in [2.45, 2.75) is 38.8 Å². The molecule has 1 aromatic rings. The summed E-state index contributed by atoms with van der Waals surface area (Å²) in [5.74, 6) is 1.06.